The summed E-state index contributed by atoms with van der Waals surface area (Å²) in [6, 6.07) is 14.5. The third-order valence-electron chi connectivity index (χ3n) is 5.42. The fraction of sp³-hybridized carbons (Fsp3) is 0.409. The number of hydrogen-bond donors (Lipinski definition) is 1. The molecule has 0 radical (unpaired) electrons. The highest BCUT2D eigenvalue weighted by atomic mass is 16.5. The summed E-state index contributed by atoms with van der Waals surface area (Å²) in [6.07, 6.45) is 5.70. The molecule has 2 aromatic rings. The van der Waals surface area contributed by atoms with Gasteiger partial charge in [0.2, 0.25) is 5.91 Å². The van der Waals surface area contributed by atoms with Crippen LogP contribution in [0.3, 0.4) is 0 Å². The van der Waals surface area contributed by atoms with Crippen molar-refractivity contribution in [2.45, 2.75) is 44.1 Å². The molecular formula is C22H25NO3. The van der Waals surface area contributed by atoms with Crippen LogP contribution in [0.4, 0.5) is 0 Å². The van der Waals surface area contributed by atoms with Crippen molar-refractivity contribution in [1.82, 2.24) is 5.32 Å². The smallest absolute Gasteiger partial charge is 0.220 e. The van der Waals surface area contributed by atoms with Gasteiger partial charge in [-0.15, -0.1) is 0 Å². The fourth-order valence-electron chi connectivity index (χ4n) is 3.98. The second-order valence-corrected chi connectivity index (χ2v) is 7.22. The number of amides is 1. The van der Waals surface area contributed by atoms with Gasteiger partial charge in [-0.1, -0.05) is 18.2 Å². The minimum atomic E-state index is 0.124. The van der Waals surface area contributed by atoms with Crippen LogP contribution in [0, 0.1) is 0 Å². The second kappa shape index (κ2) is 7.40. The average Bonchev–Trinajstić information content (AvgIpc) is 3.33. The van der Waals surface area contributed by atoms with E-state index in [9.17, 15) is 4.79 Å². The molecule has 1 saturated carbocycles. The third-order valence-corrected chi connectivity index (χ3v) is 5.42. The number of carbonyl (C=O) groups excluding carboxylic acids is 1. The van der Waals surface area contributed by atoms with Gasteiger partial charge in [-0.2, -0.15) is 0 Å². The van der Waals surface area contributed by atoms with Crippen molar-refractivity contribution in [3.63, 3.8) is 0 Å². The third kappa shape index (κ3) is 3.55. The Hall–Kier alpha value is -2.49. The quantitative estimate of drug-likeness (QED) is 0.874. The minimum absolute atomic E-state index is 0.124. The van der Waals surface area contributed by atoms with E-state index < -0.39 is 0 Å². The van der Waals surface area contributed by atoms with Crippen molar-refractivity contribution >= 4 is 5.91 Å². The van der Waals surface area contributed by atoms with E-state index in [-0.39, 0.29) is 11.8 Å². The summed E-state index contributed by atoms with van der Waals surface area (Å²) < 4.78 is 11.7. The van der Waals surface area contributed by atoms with E-state index in [1.54, 1.807) is 7.11 Å². The second-order valence-electron chi connectivity index (χ2n) is 7.22. The van der Waals surface area contributed by atoms with Crippen LogP contribution < -0.4 is 14.8 Å². The number of benzene rings is 2. The van der Waals surface area contributed by atoms with Gasteiger partial charge in [0.15, 0.2) is 0 Å². The van der Waals surface area contributed by atoms with E-state index in [1.165, 1.54) is 18.4 Å². The molecule has 1 aliphatic carbocycles. The Morgan fingerprint density at radius 3 is 2.65 bits per heavy atom. The summed E-state index contributed by atoms with van der Waals surface area (Å²) in [6.45, 7) is 0.704. The number of rotatable bonds is 5. The molecule has 2 aromatic carbocycles. The SMILES string of the molecule is COc1ccc(C2CNC(=O)C2)cc1-c1cccc(OC2CCCC2)c1. The van der Waals surface area contributed by atoms with Crippen LogP contribution in [0.15, 0.2) is 42.5 Å². The molecule has 1 N–H and O–H groups in total. The molecular weight excluding hydrogens is 326 g/mol. The van der Waals surface area contributed by atoms with Gasteiger partial charge in [0, 0.05) is 24.4 Å². The normalized spacial score (nSPS) is 20.2. The van der Waals surface area contributed by atoms with Gasteiger partial charge in [-0.3, -0.25) is 4.79 Å². The molecule has 4 rings (SSSR count). The maximum Gasteiger partial charge on any atom is 0.220 e. The van der Waals surface area contributed by atoms with Crippen molar-refractivity contribution in [3.05, 3.63) is 48.0 Å². The van der Waals surface area contributed by atoms with E-state index in [4.69, 9.17) is 9.47 Å². The van der Waals surface area contributed by atoms with Gasteiger partial charge in [-0.25, -0.2) is 0 Å². The number of ether oxygens (including phenoxy) is 2. The Balaban J connectivity index is 1.64. The molecule has 136 valence electrons. The first-order valence-corrected chi connectivity index (χ1v) is 9.44. The predicted molar refractivity (Wildman–Crippen MR) is 102 cm³/mol. The molecule has 1 saturated heterocycles. The molecule has 1 amide bonds. The molecule has 1 unspecified atom stereocenters. The van der Waals surface area contributed by atoms with Crippen molar-refractivity contribution in [1.29, 1.82) is 0 Å². The molecule has 0 bridgehead atoms. The average molecular weight is 351 g/mol. The monoisotopic (exact) mass is 351 g/mol. The lowest BCUT2D eigenvalue weighted by atomic mass is 9.93. The van der Waals surface area contributed by atoms with Gasteiger partial charge in [-0.05, 0) is 61.1 Å². The Morgan fingerprint density at radius 2 is 1.92 bits per heavy atom. The largest absolute Gasteiger partial charge is 0.496 e. The molecule has 1 heterocycles. The first-order valence-electron chi connectivity index (χ1n) is 9.44. The lowest BCUT2D eigenvalue weighted by Gasteiger charge is -2.16. The van der Waals surface area contributed by atoms with Crippen LogP contribution >= 0.6 is 0 Å². The summed E-state index contributed by atoms with van der Waals surface area (Å²) in [5, 5.41) is 2.92. The summed E-state index contributed by atoms with van der Waals surface area (Å²) in [5.41, 5.74) is 3.29. The topological polar surface area (TPSA) is 47.6 Å². The maximum absolute atomic E-state index is 11.6. The molecule has 26 heavy (non-hydrogen) atoms. The predicted octanol–water partition coefficient (Wildman–Crippen LogP) is 4.29. The molecule has 1 atom stereocenters. The van der Waals surface area contributed by atoms with E-state index in [0.717, 1.165) is 35.5 Å². The summed E-state index contributed by atoms with van der Waals surface area (Å²) in [7, 11) is 1.69. The van der Waals surface area contributed by atoms with Gasteiger partial charge in [0.25, 0.3) is 0 Å². The standard InChI is InChI=1S/C22H25NO3/c1-25-21-10-9-15(17-13-22(24)23-14-17)12-20(21)16-5-4-8-19(11-16)26-18-6-2-3-7-18/h4-5,8-12,17-18H,2-3,6-7,13-14H2,1H3,(H,23,24). The lowest BCUT2D eigenvalue weighted by molar-refractivity contribution is -0.119. The Labute approximate surface area is 154 Å². The number of methoxy groups -OCH3 is 1. The van der Waals surface area contributed by atoms with Crippen molar-refractivity contribution in [2.75, 3.05) is 13.7 Å². The Bertz CT molecular complexity index is 796. The molecule has 0 spiro atoms. The first kappa shape index (κ1) is 17.0. The highest BCUT2D eigenvalue weighted by molar-refractivity contribution is 5.80. The summed E-state index contributed by atoms with van der Waals surface area (Å²) in [5.74, 6) is 2.10. The van der Waals surface area contributed by atoms with Gasteiger partial charge in [0.1, 0.15) is 11.5 Å². The van der Waals surface area contributed by atoms with Crippen LogP contribution in [0.2, 0.25) is 0 Å². The minimum Gasteiger partial charge on any atom is -0.496 e. The van der Waals surface area contributed by atoms with Crippen LogP contribution in [0.25, 0.3) is 11.1 Å². The van der Waals surface area contributed by atoms with Gasteiger partial charge < -0.3 is 14.8 Å². The van der Waals surface area contributed by atoms with E-state index >= 15 is 0 Å². The van der Waals surface area contributed by atoms with Crippen LogP contribution in [0.1, 0.15) is 43.6 Å². The van der Waals surface area contributed by atoms with Crippen LogP contribution in [-0.4, -0.2) is 25.7 Å². The highest BCUT2D eigenvalue weighted by Crippen LogP contribution is 2.36. The molecule has 4 nitrogen and oxygen atoms in total. The van der Waals surface area contributed by atoms with E-state index in [0.29, 0.717) is 19.1 Å². The number of nitrogens with one attached hydrogen (secondary N) is 1. The molecule has 0 aromatic heterocycles. The zero-order valence-corrected chi connectivity index (χ0v) is 15.2. The highest BCUT2D eigenvalue weighted by Gasteiger charge is 2.24. The first-order chi connectivity index (χ1) is 12.7. The number of carbonyl (C=O) groups is 1. The molecule has 2 fully saturated rings. The molecule has 4 heteroatoms. The molecule has 1 aliphatic heterocycles. The fourth-order valence-corrected chi connectivity index (χ4v) is 3.98. The van der Waals surface area contributed by atoms with E-state index in [2.05, 4.69) is 29.6 Å². The van der Waals surface area contributed by atoms with Gasteiger partial charge >= 0.3 is 0 Å². The lowest BCUT2D eigenvalue weighted by Crippen LogP contribution is -2.13. The zero-order valence-electron chi connectivity index (χ0n) is 15.2. The zero-order chi connectivity index (χ0) is 17.9. The van der Waals surface area contributed by atoms with E-state index in [1.807, 2.05) is 18.2 Å². The summed E-state index contributed by atoms with van der Waals surface area (Å²) in [4.78, 5) is 11.6. The maximum atomic E-state index is 11.6. The Morgan fingerprint density at radius 1 is 1.08 bits per heavy atom. The molecule has 2 aliphatic rings. The van der Waals surface area contributed by atoms with Crippen molar-refractivity contribution in [3.8, 4) is 22.6 Å². The summed E-state index contributed by atoms with van der Waals surface area (Å²) >= 11 is 0. The van der Waals surface area contributed by atoms with Crippen LogP contribution in [0.5, 0.6) is 11.5 Å². The van der Waals surface area contributed by atoms with Crippen LogP contribution in [-0.2, 0) is 4.79 Å². The van der Waals surface area contributed by atoms with Gasteiger partial charge in [0.05, 0.1) is 13.2 Å². The number of hydrogen-bond acceptors (Lipinski definition) is 3. The van der Waals surface area contributed by atoms with Crippen molar-refractivity contribution in [2.24, 2.45) is 0 Å². The Kier molecular flexibility index (Phi) is 4.83. The van der Waals surface area contributed by atoms with Crippen molar-refractivity contribution < 1.29 is 14.3 Å².